The fourth-order valence-electron chi connectivity index (χ4n) is 1.97. The Morgan fingerprint density at radius 3 is 2.76 bits per heavy atom. The van der Waals surface area contributed by atoms with Gasteiger partial charge in [-0.05, 0) is 12.1 Å². The van der Waals surface area contributed by atoms with E-state index in [-0.39, 0.29) is 5.82 Å². The third-order valence-corrected chi connectivity index (χ3v) is 2.79. The minimum absolute atomic E-state index is 0.0997. The first-order valence-electron chi connectivity index (χ1n) is 5.58. The van der Waals surface area contributed by atoms with Crippen LogP contribution >= 0.6 is 0 Å². The molecular weight excluding hydrogens is 293 g/mol. The number of rotatable bonds is 2. The second-order valence-electron chi connectivity index (χ2n) is 4.07. The van der Waals surface area contributed by atoms with Crippen molar-refractivity contribution in [3.8, 4) is 0 Å². The number of carboxylic acid groups (broad SMARTS) is 1. The van der Waals surface area contributed by atoms with Gasteiger partial charge in [-0.3, -0.25) is 4.40 Å². The maximum Gasteiger partial charge on any atom is 0.419 e. The number of imidazole rings is 1. The Kier molecular flexibility index (Phi) is 2.76. The van der Waals surface area contributed by atoms with Gasteiger partial charge < -0.3 is 9.94 Å². The van der Waals surface area contributed by atoms with E-state index in [9.17, 15) is 18.0 Å². The zero-order valence-electron chi connectivity index (χ0n) is 10.1. The molecule has 0 spiro atoms. The number of hydrazine groups is 1. The minimum atomic E-state index is -4.65. The molecule has 1 aliphatic rings. The van der Waals surface area contributed by atoms with Gasteiger partial charge in [0.2, 0.25) is 0 Å². The molecular formula is C11H7F3N4O3. The summed E-state index contributed by atoms with van der Waals surface area (Å²) in [5, 5.41) is 10.3. The predicted molar refractivity (Wildman–Crippen MR) is 63.0 cm³/mol. The van der Waals surface area contributed by atoms with Gasteiger partial charge in [-0.2, -0.15) is 13.2 Å². The summed E-state index contributed by atoms with van der Waals surface area (Å²) < 4.78 is 39.9. The van der Waals surface area contributed by atoms with Crippen molar-refractivity contribution in [1.29, 1.82) is 0 Å². The lowest BCUT2D eigenvalue weighted by Crippen LogP contribution is -2.29. The van der Waals surface area contributed by atoms with E-state index in [1.54, 1.807) is 0 Å². The largest absolute Gasteiger partial charge is 0.476 e. The van der Waals surface area contributed by atoms with Crippen LogP contribution in [0.3, 0.4) is 0 Å². The van der Waals surface area contributed by atoms with Crippen molar-refractivity contribution in [1.82, 2.24) is 15.0 Å². The lowest BCUT2D eigenvalue weighted by atomic mass is 10.2. The molecule has 110 valence electrons. The molecule has 2 N–H and O–H groups in total. The Morgan fingerprint density at radius 1 is 1.43 bits per heavy atom. The maximum absolute atomic E-state index is 13.0. The van der Waals surface area contributed by atoms with Gasteiger partial charge in [0.15, 0.2) is 17.2 Å². The molecule has 0 saturated heterocycles. The van der Waals surface area contributed by atoms with Crippen molar-refractivity contribution >= 4 is 17.4 Å². The van der Waals surface area contributed by atoms with Crippen molar-refractivity contribution < 1.29 is 27.9 Å². The van der Waals surface area contributed by atoms with Crippen LogP contribution in [0.1, 0.15) is 16.1 Å². The SMILES string of the molecule is O=C(O)c1nc2c(C(F)(F)F)cccn2c1N1C=CON1. The van der Waals surface area contributed by atoms with Gasteiger partial charge in [0.25, 0.3) is 0 Å². The Morgan fingerprint density at radius 2 is 2.19 bits per heavy atom. The van der Waals surface area contributed by atoms with Gasteiger partial charge in [-0.1, -0.05) is 5.59 Å². The number of nitrogens with zero attached hydrogens (tertiary/aromatic N) is 3. The first-order chi connectivity index (χ1) is 9.89. The molecule has 7 nitrogen and oxygen atoms in total. The van der Waals surface area contributed by atoms with Gasteiger partial charge in [0.05, 0.1) is 11.8 Å². The summed E-state index contributed by atoms with van der Waals surface area (Å²) in [6.07, 6.45) is -0.840. The zero-order valence-corrected chi connectivity index (χ0v) is 10.1. The van der Waals surface area contributed by atoms with E-state index in [2.05, 4.69) is 10.6 Å². The van der Waals surface area contributed by atoms with Crippen LogP contribution in [0, 0.1) is 0 Å². The van der Waals surface area contributed by atoms with Crippen molar-refractivity contribution in [2.45, 2.75) is 6.18 Å². The number of aromatic carboxylic acids is 1. The number of anilines is 1. The highest BCUT2D eigenvalue weighted by atomic mass is 19.4. The van der Waals surface area contributed by atoms with E-state index in [4.69, 9.17) is 9.94 Å². The smallest absolute Gasteiger partial charge is 0.419 e. The molecule has 0 unspecified atom stereocenters. The second-order valence-corrected chi connectivity index (χ2v) is 4.07. The van der Waals surface area contributed by atoms with Gasteiger partial charge in [-0.25, -0.2) is 14.8 Å². The first kappa shape index (κ1) is 13.2. The van der Waals surface area contributed by atoms with E-state index in [0.717, 1.165) is 21.5 Å². The predicted octanol–water partition coefficient (Wildman–Crippen LogP) is 1.78. The maximum atomic E-state index is 13.0. The monoisotopic (exact) mass is 300 g/mol. The van der Waals surface area contributed by atoms with Gasteiger partial charge >= 0.3 is 12.1 Å². The second kappa shape index (κ2) is 4.38. The van der Waals surface area contributed by atoms with Crippen molar-refractivity contribution in [3.05, 3.63) is 42.0 Å². The van der Waals surface area contributed by atoms with E-state index in [1.807, 2.05) is 0 Å². The summed E-state index contributed by atoms with van der Waals surface area (Å²) in [4.78, 5) is 19.5. The number of hydrogen-bond donors (Lipinski definition) is 2. The van der Waals surface area contributed by atoms with Crippen LogP contribution in [-0.2, 0) is 11.0 Å². The average Bonchev–Trinajstić information content (AvgIpc) is 3.03. The summed E-state index contributed by atoms with van der Waals surface area (Å²) in [5.74, 6) is -1.55. The summed E-state index contributed by atoms with van der Waals surface area (Å²) >= 11 is 0. The number of hydrogen-bond acceptors (Lipinski definition) is 5. The highest BCUT2D eigenvalue weighted by molar-refractivity contribution is 5.93. The van der Waals surface area contributed by atoms with Gasteiger partial charge in [-0.15, -0.1) is 0 Å². The van der Waals surface area contributed by atoms with Crippen LogP contribution in [-0.4, -0.2) is 20.5 Å². The normalized spacial score (nSPS) is 14.7. The third-order valence-electron chi connectivity index (χ3n) is 2.79. The molecule has 2 aromatic heterocycles. The highest BCUT2D eigenvalue weighted by Gasteiger charge is 2.36. The molecule has 0 saturated carbocycles. The molecule has 0 aliphatic carbocycles. The highest BCUT2D eigenvalue weighted by Crippen LogP contribution is 2.34. The molecule has 0 fully saturated rings. The zero-order chi connectivity index (χ0) is 15.2. The fraction of sp³-hybridized carbons (Fsp3) is 0.0909. The number of aromatic nitrogens is 2. The summed E-state index contributed by atoms with van der Waals surface area (Å²) in [6.45, 7) is 0. The number of pyridine rings is 1. The lowest BCUT2D eigenvalue weighted by Gasteiger charge is -2.14. The molecule has 0 atom stereocenters. The summed E-state index contributed by atoms with van der Waals surface area (Å²) in [5.41, 5.74) is 0.263. The quantitative estimate of drug-likeness (QED) is 0.880. The van der Waals surface area contributed by atoms with Crippen LogP contribution in [0.2, 0.25) is 0 Å². The number of carbonyl (C=O) groups is 1. The Bertz CT molecular complexity index is 753. The van der Waals surface area contributed by atoms with E-state index >= 15 is 0 Å². The van der Waals surface area contributed by atoms with Crippen LogP contribution in [0.25, 0.3) is 5.65 Å². The number of alkyl halides is 3. The molecule has 3 rings (SSSR count). The number of fused-ring (bicyclic) bond motifs is 1. The number of halogens is 3. The van der Waals surface area contributed by atoms with Crippen LogP contribution in [0.15, 0.2) is 30.8 Å². The fourth-order valence-corrected chi connectivity index (χ4v) is 1.97. The number of nitrogens with one attached hydrogen (secondary N) is 1. The van der Waals surface area contributed by atoms with E-state index in [1.165, 1.54) is 18.7 Å². The first-order valence-corrected chi connectivity index (χ1v) is 5.58. The van der Waals surface area contributed by atoms with Crippen LogP contribution < -0.4 is 10.6 Å². The van der Waals surface area contributed by atoms with Crippen LogP contribution in [0.5, 0.6) is 0 Å². The molecule has 3 heterocycles. The van der Waals surface area contributed by atoms with Crippen molar-refractivity contribution in [3.63, 3.8) is 0 Å². The van der Waals surface area contributed by atoms with E-state index < -0.39 is 29.1 Å². The minimum Gasteiger partial charge on any atom is -0.476 e. The van der Waals surface area contributed by atoms with Gasteiger partial charge in [0.1, 0.15) is 6.26 Å². The summed E-state index contributed by atoms with van der Waals surface area (Å²) in [6, 6.07) is 1.99. The molecule has 0 radical (unpaired) electrons. The summed E-state index contributed by atoms with van der Waals surface area (Å²) in [7, 11) is 0. The Labute approximate surface area is 114 Å². The van der Waals surface area contributed by atoms with Crippen molar-refractivity contribution in [2.24, 2.45) is 0 Å². The van der Waals surface area contributed by atoms with Gasteiger partial charge in [0, 0.05) is 6.20 Å². The van der Waals surface area contributed by atoms with Crippen LogP contribution in [0.4, 0.5) is 19.0 Å². The molecule has 1 aliphatic heterocycles. The standard InChI is InChI=1S/C11H7F3N4O3/c12-11(13,14)6-2-1-3-17-8(6)15-7(10(19)20)9(17)18-4-5-21-16-18/h1-5,16H,(H,19,20). The molecule has 0 bridgehead atoms. The Balaban J connectivity index is 2.32. The molecule has 10 heteroatoms. The topological polar surface area (TPSA) is 79.1 Å². The molecule has 2 aromatic rings. The lowest BCUT2D eigenvalue weighted by molar-refractivity contribution is -0.136. The van der Waals surface area contributed by atoms with E-state index in [0.29, 0.717) is 0 Å². The number of carboxylic acids is 1. The molecule has 0 amide bonds. The molecule has 0 aromatic carbocycles. The Hall–Kier alpha value is -2.75. The van der Waals surface area contributed by atoms with Crippen molar-refractivity contribution in [2.75, 3.05) is 5.01 Å². The third kappa shape index (κ3) is 2.05. The molecule has 21 heavy (non-hydrogen) atoms. The average molecular weight is 300 g/mol.